The van der Waals surface area contributed by atoms with Crippen LogP contribution in [-0.2, 0) is 4.79 Å². The number of carboxylic acid groups (broad SMARTS) is 1. The van der Waals surface area contributed by atoms with Crippen LogP contribution in [0.2, 0.25) is 5.02 Å². The first-order valence-corrected chi connectivity index (χ1v) is 6.59. The average molecular weight is 282 g/mol. The zero-order valence-electron chi connectivity index (χ0n) is 9.47. The number of nitrogens with two attached hydrogens (primary N) is 1. The molecule has 0 bridgehead atoms. The van der Waals surface area contributed by atoms with Crippen LogP contribution in [0.5, 0.6) is 0 Å². The number of hydrogen-bond donors (Lipinski definition) is 2. The lowest BCUT2D eigenvalue weighted by atomic mass is 10.1. The highest BCUT2D eigenvalue weighted by Gasteiger charge is 2.13. The number of benzene rings is 1. The molecule has 0 radical (unpaired) electrons. The van der Waals surface area contributed by atoms with E-state index in [2.05, 4.69) is 0 Å². The molecule has 1 atom stereocenters. The zero-order chi connectivity index (χ0) is 13.1. The standard InChI is InChI=1S/C13H12ClNO2S/c14-9-3-1-2-8(6-9)11-4-5-12(18-11)10(15)7-13(16)17/h1-6,10H,7,15H2,(H,16,17)/t10-/m0/s1. The van der Waals surface area contributed by atoms with Gasteiger partial charge in [-0.1, -0.05) is 23.7 Å². The van der Waals surface area contributed by atoms with Crippen LogP contribution in [0.1, 0.15) is 17.3 Å². The first-order chi connectivity index (χ1) is 8.56. The largest absolute Gasteiger partial charge is 0.481 e. The van der Waals surface area contributed by atoms with Crippen LogP contribution in [-0.4, -0.2) is 11.1 Å². The van der Waals surface area contributed by atoms with Crippen molar-refractivity contribution in [2.75, 3.05) is 0 Å². The molecule has 2 rings (SSSR count). The van der Waals surface area contributed by atoms with Crippen molar-refractivity contribution < 1.29 is 9.90 Å². The van der Waals surface area contributed by atoms with Gasteiger partial charge in [-0.2, -0.15) is 0 Å². The minimum atomic E-state index is -0.889. The Morgan fingerprint density at radius 2 is 2.17 bits per heavy atom. The van der Waals surface area contributed by atoms with Crippen LogP contribution in [0.3, 0.4) is 0 Å². The molecule has 0 unspecified atom stereocenters. The summed E-state index contributed by atoms with van der Waals surface area (Å²) in [7, 11) is 0. The van der Waals surface area contributed by atoms with E-state index >= 15 is 0 Å². The summed E-state index contributed by atoms with van der Waals surface area (Å²) in [6, 6.07) is 10.9. The summed E-state index contributed by atoms with van der Waals surface area (Å²) in [5.41, 5.74) is 6.84. The smallest absolute Gasteiger partial charge is 0.305 e. The van der Waals surface area contributed by atoms with E-state index in [0.29, 0.717) is 5.02 Å². The summed E-state index contributed by atoms with van der Waals surface area (Å²) >= 11 is 7.43. The minimum Gasteiger partial charge on any atom is -0.481 e. The molecule has 0 spiro atoms. The van der Waals surface area contributed by atoms with E-state index in [-0.39, 0.29) is 6.42 Å². The van der Waals surface area contributed by atoms with Gasteiger partial charge in [0, 0.05) is 20.8 Å². The van der Waals surface area contributed by atoms with Crippen molar-refractivity contribution in [3.63, 3.8) is 0 Å². The highest BCUT2D eigenvalue weighted by Crippen LogP contribution is 2.32. The molecule has 0 aliphatic rings. The van der Waals surface area contributed by atoms with Gasteiger partial charge in [-0.05, 0) is 29.8 Å². The van der Waals surface area contributed by atoms with Gasteiger partial charge in [0.25, 0.3) is 0 Å². The van der Waals surface area contributed by atoms with E-state index in [1.54, 1.807) is 0 Å². The molecular formula is C13H12ClNO2S. The van der Waals surface area contributed by atoms with Crippen LogP contribution in [0.4, 0.5) is 0 Å². The summed E-state index contributed by atoms with van der Waals surface area (Å²) in [6.07, 6.45) is -0.0600. The van der Waals surface area contributed by atoms with Crippen LogP contribution < -0.4 is 5.73 Å². The molecule has 18 heavy (non-hydrogen) atoms. The van der Waals surface area contributed by atoms with Crippen molar-refractivity contribution >= 4 is 28.9 Å². The quantitative estimate of drug-likeness (QED) is 0.901. The highest BCUT2D eigenvalue weighted by atomic mass is 35.5. The second-order valence-electron chi connectivity index (χ2n) is 3.92. The summed E-state index contributed by atoms with van der Waals surface area (Å²) < 4.78 is 0. The van der Waals surface area contributed by atoms with Gasteiger partial charge >= 0.3 is 5.97 Å². The third kappa shape index (κ3) is 3.10. The van der Waals surface area contributed by atoms with Gasteiger partial charge in [-0.3, -0.25) is 4.79 Å². The summed E-state index contributed by atoms with van der Waals surface area (Å²) in [4.78, 5) is 12.5. The summed E-state index contributed by atoms with van der Waals surface area (Å²) in [5.74, 6) is -0.889. The Morgan fingerprint density at radius 3 is 2.83 bits per heavy atom. The number of thiophene rings is 1. The minimum absolute atomic E-state index is 0.0600. The maximum atomic E-state index is 10.6. The van der Waals surface area contributed by atoms with Crippen LogP contribution in [0, 0.1) is 0 Å². The Labute approximate surface area is 114 Å². The Hall–Kier alpha value is -1.36. The molecule has 1 heterocycles. The molecule has 5 heteroatoms. The molecule has 2 aromatic rings. The fourth-order valence-corrected chi connectivity index (χ4v) is 2.83. The van der Waals surface area contributed by atoms with Gasteiger partial charge < -0.3 is 10.8 Å². The molecule has 0 saturated carbocycles. The first-order valence-electron chi connectivity index (χ1n) is 5.39. The summed E-state index contributed by atoms with van der Waals surface area (Å²) in [5, 5.41) is 9.39. The van der Waals surface area contributed by atoms with Crippen molar-refractivity contribution in [1.29, 1.82) is 0 Å². The van der Waals surface area contributed by atoms with E-state index in [4.69, 9.17) is 22.4 Å². The molecule has 0 fully saturated rings. The lowest BCUT2D eigenvalue weighted by Gasteiger charge is -2.05. The van der Waals surface area contributed by atoms with Crippen LogP contribution in [0.15, 0.2) is 36.4 Å². The van der Waals surface area contributed by atoms with Crippen molar-refractivity contribution in [2.45, 2.75) is 12.5 Å². The highest BCUT2D eigenvalue weighted by molar-refractivity contribution is 7.15. The SMILES string of the molecule is N[C@@H](CC(=O)O)c1ccc(-c2cccc(Cl)c2)s1. The fourth-order valence-electron chi connectivity index (χ4n) is 1.64. The maximum absolute atomic E-state index is 10.6. The second kappa shape index (κ2) is 5.52. The number of carboxylic acids is 1. The lowest BCUT2D eigenvalue weighted by molar-refractivity contribution is -0.137. The number of carbonyl (C=O) groups is 1. The third-order valence-electron chi connectivity index (χ3n) is 2.50. The predicted octanol–water partition coefficient (Wildman–Crippen LogP) is 3.54. The lowest BCUT2D eigenvalue weighted by Crippen LogP contribution is -2.13. The molecule has 1 aromatic heterocycles. The Morgan fingerprint density at radius 1 is 1.39 bits per heavy atom. The first kappa shape index (κ1) is 13.1. The van der Waals surface area contributed by atoms with E-state index in [0.717, 1.165) is 15.3 Å². The van der Waals surface area contributed by atoms with Gasteiger partial charge in [-0.25, -0.2) is 0 Å². The van der Waals surface area contributed by atoms with Crippen LogP contribution in [0.25, 0.3) is 10.4 Å². The topological polar surface area (TPSA) is 63.3 Å². The molecule has 0 aliphatic carbocycles. The van der Waals surface area contributed by atoms with E-state index < -0.39 is 12.0 Å². The number of hydrogen-bond acceptors (Lipinski definition) is 3. The predicted molar refractivity (Wildman–Crippen MR) is 73.9 cm³/mol. The maximum Gasteiger partial charge on any atom is 0.305 e. The Balaban J connectivity index is 2.22. The molecule has 3 nitrogen and oxygen atoms in total. The molecule has 3 N–H and O–H groups in total. The molecule has 0 saturated heterocycles. The van der Waals surface area contributed by atoms with Crippen molar-refractivity contribution in [1.82, 2.24) is 0 Å². The third-order valence-corrected chi connectivity index (χ3v) is 4.00. The fraction of sp³-hybridized carbons (Fsp3) is 0.154. The van der Waals surface area contributed by atoms with Gasteiger partial charge in [0.2, 0.25) is 0 Å². The van der Waals surface area contributed by atoms with Crippen molar-refractivity contribution in [2.24, 2.45) is 5.73 Å². The second-order valence-corrected chi connectivity index (χ2v) is 5.47. The molecule has 0 amide bonds. The Bertz CT molecular complexity index is 568. The summed E-state index contributed by atoms with van der Waals surface area (Å²) in [6.45, 7) is 0. The zero-order valence-corrected chi connectivity index (χ0v) is 11.0. The van der Waals surface area contributed by atoms with Crippen LogP contribution >= 0.6 is 22.9 Å². The number of aliphatic carboxylic acids is 1. The molecular weight excluding hydrogens is 270 g/mol. The number of rotatable bonds is 4. The monoisotopic (exact) mass is 281 g/mol. The molecule has 94 valence electrons. The van der Waals surface area contributed by atoms with E-state index in [9.17, 15) is 4.79 Å². The van der Waals surface area contributed by atoms with E-state index in [1.165, 1.54) is 11.3 Å². The average Bonchev–Trinajstić information content (AvgIpc) is 2.77. The van der Waals surface area contributed by atoms with Gasteiger partial charge in [0.05, 0.1) is 6.42 Å². The normalized spacial score (nSPS) is 12.3. The van der Waals surface area contributed by atoms with Gasteiger partial charge in [0.1, 0.15) is 0 Å². The van der Waals surface area contributed by atoms with Gasteiger partial charge in [-0.15, -0.1) is 11.3 Å². The van der Waals surface area contributed by atoms with E-state index in [1.807, 2.05) is 36.4 Å². The number of halogens is 1. The molecule has 0 aliphatic heterocycles. The van der Waals surface area contributed by atoms with Crippen molar-refractivity contribution in [3.8, 4) is 10.4 Å². The van der Waals surface area contributed by atoms with Gasteiger partial charge in [0.15, 0.2) is 0 Å². The Kier molecular flexibility index (Phi) is 4.01. The van der Waals surface area contributed by atoms with Crippen molar-refractivity contribution in [3.05, 3.63) is 46.3 Å². The molecule has 1 aromatic carbocycles.